The molecule has 1 heteroatoms. The van der Waals surface area contributed by atoms with E-state index in [0.717, 1.165) is 6.54 Å². The SMILES string of the molecule is CCCNC(CC(C)(C)C)C1=CCCCCCC1. The largest absolute Gasteiger partial charge is 0.310 e. The van der Waals surface area contributed by atoms with E-state index in [1.165, 1.54) is 51.4 Å². The predicted molar refractivity (Wildman–Crippen MR) is 81.9 cm³/mol. The van der Waals surface area contributed by atoms with E-state index < -0.39 is 0 Å². The van der Waals surface area contributed by atoms with Crippen molar-refractivity contribution in [2.75, 3.05) is 6.54 Å². The van der Waals surface area contributed by atoms with Gasteiger partial charge in [0.1, 0.15) is 0 Å². The number of allylic oxidation sites excluding steroid dienone is 1. The van der Waals surface area contributed by atoms with Crippen LogP contribution in [0.4, 0.5) is 0 Å². The van der Waals surface area contributed by atoms with Crippen molar-refractivity contribution in [2.45, 2.75) is 85.1 Å². The average Bonchev–Trinajstić information content (AvgIpc) is 2.22. The van der Waals surface area contributed by atoms with Crippen molar-refractivity contribution in [1.82, 2.24) is 5.32 Å². The topological polar surface area (TPSA) is 12.0 Å². The lowest BCUT2D eigenvalue weighted by molar-refractivity contribution is 0.323. The Hall–Kier alpha value is -0.300. The van der Waals surface area contributed by atoms with Crippen molar-refractivity contribution in [2.24, 2.45) is 5.41 Å². The van der Waals surface area contributed by atoms with Gasteiger partial charge in [-0.2, -0.15) is 0 Å². The first-order chi connectivity index (χ1) is 8.53. The average molecular weight is 251 g/mol. The van der Waals surface area contributed by atoms with Crippen molar-refractivity contribution in [3.63, 3.8) is 0 Å². The maximum atomic E-state index is 3.78. The summed E-state index contributed by atoms with van der Waals surface area (Å²) in [5, 5.41) is 3.78. The second kappa shape index (κ2) is 7.99. The monoisotopic (exact) mass is 251 g/mol. The fourth-order valence-corrected chi connectivity index (χ4v) is 2.80. The molecule has 0 bridgehead atoms. The molecule has 106 valence electrons. The molecule has 1 nitrogen and oxygen atoms in total. The molecule has 18 heavy (non-hydrogen) atoms. The van der Waals surface area contributed by atoms with E-state index in [1.807, 2.05) is 0 Å². The summed E-state index contributed by atoms with van der Waals surface area (Å²) < 4.78 is 0. The zero-order valence-electron chi connectivity index (χ0n) is 13.0. The van der Waals surface area contributed by atoms with Gasteiger partial charge >= 0.3 is 0 Å². The Morgan fingerprint density at radius 3 is 2.56 bits per heavy atom. The lowest BCUT2D eigenvalue weighted by atomic mass is 9.83. The molecule has 1 rings (SSSR count). The van der Waals surface area contributed by atoms with Gasteiger partial charge in [0.05, 0.1) is 0 Å². The molecular formula is C17H33N. The van der Waals surface area contributed by atoms with Gasteiger partial charge in [0.2, 0.25) is 0 Å². The lowest BCUT2D eigenvalue weighted by Crippen LogP contribution is -2.35. The summed E-state index contributed by atoms with van der Waals surface area (Å²) in [4.78, 5) is 0. The highest BCUT2D eigenvalue weighted by atomic mass is 14.9. The fraction of sp³-hybridized carbons (Fsp3) is 0.882. The number of hydrogen-bond acceptors (Lipinski definition) is 1. The van der Waals surface area contributed by atoms with Gasteiger partial charge in [-0.1, -0.05) is 52.2 Å². The van der Waals surface area contributed by atoms with E-state index in [0.29, 0.717) is 11.5 Å². The van der Waals surface area contributed by atoms with Crippen LogP contribution >= 0.6 is 0 Å². The van der Waals surface area contributed by atoms with Crippen LogP contribution in [0.2, 0.25) is 0 Å². The summed E-state index contributed by atoms with van der Waals surface area (Å²) in [6, 6.07) is 0.614. The summed E-state index contributed by atoms with van der Waals surface area (Å²) in [5.41, 5.74) is 2.10. The molecule has 1 unspecified atom stereocenters. The van der Waals surface area contributed by atoms with Crippen LogP contribution in [0.5, 0.6) is 0 Å². The van der Waals surface area contributed by atoms with Crippen LogP contribution in [-0.2, 0) is 0 Å². The van der Waals surface area contributed by atoms with Crippen molar-refractivity contribution >= 4 is 0 Å². The predicted octanol–water partition coefficient (Wildman–Crippen LogP) is 5.07. The smallest absolute Gasteiger partial charge is 0.0284 e. The molecule has 0 heterocycles. The third kappa shape index (κ3) is 6.58. The van der Waals surface area contributed by atoms with Crippen LogP contribution in [0, 0.1) is 5.41 Å². The van der Waals surface area contributed by atoms with E-state index in [4.69, 9.17) is 0 Å². The standard InChI is InChI=1S/C17H33N/c1-5-13-18-16(14-17(2,3)4)15-11-9-7-6-8-10-12-15/h11,16,18H,5-10,12-14H2,1-4H3. The molecule has 0 saturated carbocycles. The fourth-order valence-electron chi connectivity index (χ4n) is 2.80. The summed E-state index contributed by atoms with van der Waals surface area (Å²) in [7, 11) is 0. The van der Waals surface area contributed by atoms with E-state index in [2.05, 4.69) is 39.1 Å². The van der Waals surface area contributed by atoms with Crippen molar-refractivity contribution in [1.29, 1.82) is 0 Å². The molecule has 0 aromatic carbocycles. The van der Waals surface area contributed by atoms with Gasteiger partial charge < -0.3 is 5.32 Å². The molecule has 0 aliphatic heterocycles. The van der Waals surface area contributed by atoms with Gasteiger partial charge in [-0.15, -0.1) is 0 Å². The maximum absolute atomic E-state index is 3.78. The molecule has 1 aliphatic rings. The Bertz CT molecular complexity index is 247. The third-order valence-electron chi connectivity index (χ3n) is 3.73. The molecule has 0 saturated heterocycles. The lowest BCUT2D eigenvalue weighted by Gasteiger charge is -2.30. The minimum Gasteiger partial charge on any atom is -0.310 e. The van der Waals surface area contributed by atoms with Gasteiger partial charge in [0, 0.05) is 6.04 Å². The van der Waals surface area contributed by atoms with Gasteiger partial charge in [0.25, 0.3) is 0 Å². The molecule has 1 N–H and O–H groups in total. The van der Waals surface area contributed by atoms with Crippen LogP contribution in [0.25, 0.3) is 0 Å². The molecule has 0 aromatic rings. The Morgan fingerprint density at radius 2 is 1.89 bits per heavy atom. The van der Waals surface area contributed by atoms with Crippen LogP contribution in [0.3, 0.4) is 0 Å². The quantitative estimate of drug-likeness (QED) is 0.673. The van der Waals surface area contributed by atoms with Crippen LogP contribution in [-0.4, -0.2) is 12.6 Å². The first-order valence-corrected chi connectivity index (χ1v) is 7.95. The van der Waals surface area contributed by atoms with Gasteiger partial charge in [-0.25, -0.2) is 0 Å². The van der Waals surface area contributed by atoms with Crippen LogP contribution < -0.4 is 5.32 Å². The molecule has 0 aromatic heterocycles. The van der Waals surface area contributed by atoms with Crippen molar-refractivity contribution < 1.29 is 0 Å². The first-order valence-electron chi connectivity index (χ1n) is 7.95. The first kappa shape index (κ1) is 15.8. The third-order valence-corrected chi connectivity index (χ3v) is 3.73. The number of hydrogen-bond donors (Lipinski definition) is 1. The molecule has 0 spiro atoms. The minimum absolute atomic E-state index is 0.411. The number of rotatable bonds is 5. The molecule has 0 amide bonds. The van der Waals surface area contributed by atoms with Crippen LogP contribution in [0.1, 0.15) is 79.1 Å². The van der Waals surface area contributed by atoms with E-state index in [-0.39, 0.29) is 0 Å². The van der Waals surface area contributed by atoms with Crippen molar-refractivity contribution in [3.8, 4) is 0 Å². The van der Waals surface area contributed by atoms with E-state index in [9.17, 15) is 0 Å². The normalized spacial score (nSPS) is 19.9. The Labute approximate surface area is 114 Å². The zero-order valence-corrected chi connectivity index (χ0v) is 13.0. The summed E-state index contributed by atoms with van der Waals surface area (Å²) in [5.74, 6) is 0. The molecule has 0 fully saturated rings. The van der Waals surface area contributed by atoms with E-state index >= 15 is 0 Å². The summed E-state index contributed by atoms with van der Waals surface area (Å²) in [6.07, 6.45) is 13.3. The molecule has 0 radical (unpaired) electrons. The van der Waals surface area contributed by atoms with Crippen LogP contribution in [0.15, 0.2) is 11.6 Å². The van der Waals surface area contributed by atoms with Crippen molar-refractivity contribution in [3.05, 3.63) is 11.6 Å². The Kier molecular flexibility index (Phi) is 6.99. The van der Waals surface area contributed by atoms with E-state index in [1.54, 1.807) is 5.57 Å². The highest BCUT2D eigenvalue weighted by molar-refractivity contribution is 5.12. The molecular weight excluding hydrogens is 218 g/mol. The second-order valence-corrected chi connectivity index (χ2v) is 7.00. The molecule has 1 atom stereocenters. The highest BCUT2D eigenvalue weighted by Crippen LogP contribution is 2.28. The summed E-state index contributed by atoms with van der Waals surface area (Å²) in [6.45, 7) is 10.5. The second-order valence-electron chi connectivity index (χ2n) is 7.00. The summed E-state index contributed by atoms with van der Waals surface area (Å²) >= 11 is 0. The van der Waals surface area contributed by atoms with Gasteiger partial charge in [-0.05, 0) is 50.5 Å². The Balaban J connectivity index is 2.66. The number of nitrogens with one attached hydrogen (secondary N) is 1. The Morgan fingerprint density at radius 1 is 1.17 bits per heavy atom. The zero-order chi connectivity index (χ0) is 13.4. The minimum atomic E-state index is 0.411. The van der Waals surface area contributed by atoms with Gasteiger partial charge in [0.15, 0.2) is 0 Å². The van der Waals surface area contributed by atoms with Gasteiger partial charge in [-0.3, -0.25) is 0 Å². The molecule has 1 aliphatic carbocycles. The highest BCUT2D eigenvalue weighted by Gasteiger charge is 2.21. The maximum Gasteiger partial charge on any atom is 0.0284 e.